The summed E-state index contributed by atoms with van der Waals surface area (Å²) in [5, 5.41) is 3.69. The number of sulfonamides is 1. The Labute approximate surface area is 258 Å². The molecule has 3 aromatic carbocycles. The topological polar surface area (TPSA) is 105 Å². The molecule has 0 radical (unpaired) electrons. The molecule has 0 aliphatic heterocycles. The summed E-state index contributed by atoms with van der Waals surface area (Å²) in [6.07, 6.45) is 5.11. The zero-order valence-corrected chi connectivity index (χ0v) is 26.2. The molecule has 2 amide bonds. The average Bonchev–Trinajstić information content (AvgIpc) is 3.51. The summed E-state index contributed by atoms with van der Waals surface area (Å²) < 4.78 is 38.0. The van der Waals surface area contributed by atoms with E-state index in [-0.39, 0.29) is 36.4 Å². The molecule has 1 atom stereocenters. The van der Waals surface area contributed by atoms with Crippen molar-refractivity contribution >= 4 is 39.1 Å². The summed E-state index contributed by atoms with van der Waals surface area (Å²) in [5.74, 6) is -0.174. The summed E-state index contributed by atoms with van der Waals surface area (Å²) in [7, 11) is -1.09. The number of amides is 2. The Balaban J connectivity index is 1.76. The SMILES string of the molecule is COc1ccc(OC)c(N(CC(=O)N(Cc2ccc(Cl)cc2)C(Cc2ccccc2)C(=O)NC2CCCC2)S(C)(=O)=O)c1. The van der Waals surface area contributed by atoms with Crippen molar-refractivity contribution in [3.8, 4) is 11.5 Å². The normalized spacial score (nSPS) is 14.1. The molecular weight excluding hydrogens is 590 g/mol. The van der Waals surface area contributed by atoms with E-state index in [1.54, 1.807) is 36.4 Å². The third-order valence-electron chi connectivity index (χ3n) is 7.57. The third kappa shape index (κ3) is 8.64. The second kappa shape index (κ2) is 14.6. The van der Waals surface area contributed by atoms with Crippen molar-refractivity contribution in [1.29, 1.82) is 0 Å². The number of methoxy groups -OCH3 is 2. The molecule has 11 heteroatoms. The summed E-state index contributed by atoms with van der Waals surface area (Å²) in [6.45, 7) is -0.490. The van der Waals surface area contributed by atoms with Crippen LogP contribution < -0.4 is 19.1 Å². The Bertz CT molecular complexity index is 1500. The van der Waals surface area contributed by atoms with E-state index in [0.717, 1.165) is 47.4 Å². The van der Waals surface area contributed by atoms with Crippen molar-refractivity contribution in [1.82, 2.24) is 10.2 Å². The molecular formula is C32H38ClN3O6S. The number of carbonyl (C=O) groups is 2. The standard InChI is InChI=1S/C32H38ClN3O6S/c1-41-27-17-18-30(42-2)28(20-27)36(43(3,39)40)22-31(37)35(21-24-13-15-25(33)16-14-24)29(19-23-9-5-4-6-10-23)32(38)34-26-11-7-8-12-26/h4-6,9-10,13-18,20,26,29H,7-8,11-12,19,21-22H2,1-3H3,(H,34,38). The van der Waals surface area contributed by atoms with E-state index >= 15 is 0 Å². The zero-order valence-electron chi connectivity index (χ0n) is 24.7. The van der Waals surface area contributed by atoms with Crippen LogP contribution >= 0.6 is 11.6 Å². The lowest BCUT2D eigenvalue weighted by Crippen LogP contribution is -2.54. The maximum atomic E-state index is 14.3. The van der Waals surface area contributed by atoms with Gasteiger partial charge in [0.2, 0.25) is 21.8 Å². The number of nitrogens with zero attached hydrogens (tertiary/aromatic N) is 2. The third-order valence-corrected chi connectivity index (χ3v) is 8.95. The van der Waals surface area contributed by atoms with Gasteiger partial charge in [-0.25, -0.2) is 8.42 Å². The summed E-state index contributed by atoms with van der Waals surface area (Å²) in [4.78, 5) is 29.7. The van der Waals surface area contributed by atoms with Crippen molar-refractivity contribution < 1.29 is 27.5 Å². The molecule has 1 N–H and O–H groups in total. The molecule has 1 fully saturated rings. The van der Waals surface area contributed by atoms with Crippen molar-refractivity contribution in [2.75, 3.05) is 31.3 Å². The van der Waals surface area contributed by atoms with Crippen LogP contribution in [-0.2, 0) is 32.6 Å². The Morgan fingerprint density at radius 2 is 1.63 bits per heavy atom. The van der Waals surface area contributed by atoms with E-state index in [2.05, 4.69) is 5.32 Å². The smallest absolute Gasteiger partial charge is 0.244 e. The van der Waals surface area contributed by atoms with E-state index in [4.69, 9.17) is 21.1 Å². The number of carbonyl (C=O) groups excluding carboxylic acids is 2. The lowest BCUT2D eigenvalue weighted by Gasteiger charge is -2.34. The maximum absolute atomic E-state index is 14.3. The van der Waals surface area contributed by atoms with Gasteiger partial charge in [-0.3, -0.25) is 13.9 Å². The first kappa shape index (κ1) is 32.2. The second-order valence-corrected chi connectivity index (χ2v) is 13.0. The summed E-state index contributed by atoms with van der Waals surface area (Å²) in [5.41, 5.74) is 1.77. The molecule has 0 bridgehead atoms. The Morgan fingerprint density at radius 3 is 2.23 bits per heavy atom. The van der Waals surface area contributed by atoms with Crippen LogP contribution in [0.25, 0.3) is 0 Å². The van der Waals surface area contributed by atoms with Gasteiger partial charge < -0.3 is 19.7 Å². The van der Waals surface area contributed by atoms with E-state index in [0.29, 0.717) is 10.8 Å². The first-order chi connectivity index (χ1) is 20.6. The molecule has 0 saturated heterocycles. The first-order valence-electron chi connectivity index (χ1n) is 14.2. The Morgan fingerprint density at radius 1 is 0.953 bits per heavy atom. The fourth-order valence-electron chi connectivity index (χ4n) is 5.29. The van der Waals surface area contributed by atoms with Crippen molar-refractivity contribution in [3.63, 3.8) is 0 Å². The van der Waals surface area contributed by atoms with Crippen molar-refractivity contribution in [2.24, 2.45) is 0 Å². The molecule has 0 spiro atoms. The molecule has 0 heterocycles. The minimum absolute atomic E-state index is 0.0341. The highest BCUT2D eigenvalue weighted by molar-refractivity contribution is 7.92. The van der Waals surface area contributed by atoms with E-state index in [9.17, 15) is 18.0 Å². The van der Waals surface area contributed by atoms with Crippen LogP contribution in [0.5, 0.6) is 11.5 Å². The van der Waals surface area contributed by atoms with Crippen molar-refractivity contribution in [2.45, 2.75) is 50.7 Å². The molecule has 0 aromatic heterocycles. The van der Waals surface area contributed by atoms with Gasteiger partial charge in [0, 0.05) is 30.1 Å². The fourth-order valence-corrected chi connectivity index (χ4v) is 6.27. The van der Waals surface area contributed by atoms with Gasteiger partial charge in [-0.15, -0.1) is 0 Å². The number of anilines is 1. The van der Waals surface area contributed by atoms with E-state index in [1.807, 2.05) is 30.3 Å². The van der Waals surface area contributed by atoms with Gasteiger partial charge in [-0.1, -0.05) is 66.9 Å². The molecule has 43 heavy (non-hydrogen) atoms. The predicted octanol–water partition coefficient (Wildman–Crippen LogP) is 4.82. The summed E-state index contributed by atoms with van der Waals surface area (Å²) >= 11 is 6.13. The van der Waals surface area contributed by atoms with Gasteiger partial charge in [0.05, 0.1) is 26.2 Å². The molecule has 1 aliphatic carbocycles. The minimum Gasteiger partial charge on any atom is -0.497 e. The minimum atomic E-state index is -3.97. The van der Waals surface area contributed by atoms with Crippen LogP contribution in [0.3, 0.4) is 0 Å². The molecule has 9 nitrogen and oxygen atoms in total. The lowest BCUT2D eigenvalue weighted by atomic mass is 10.0. The van der Waals surface area contributed by atoms with Gasteiger partial charge in [0.15, 0.2) is 0 Å². The zero-order chi connectivity index (χ0) is 31.0. The van der Waals surface area contributed by atoms with Gasteiger partial charge in [0.25, 0.3) is 0 Å². The van der Waals surface area contributed by atoms with Crippen molar-refractivity contribution in [3.05, 3.63) is 88.9 Å². The van der Waals surface area contributed by atoms with Gasteiger partial charge in [0.1, 0.15) is 24.1 Å². The Kier molecular flexibility index (Phi) is 10.9. The lowest BCUT2D eigenvalue weighted by molar-refractivity contribution is -0.140. The molecule has 1 unspecified atom stereocenters. The maximum Gasteiger partial charge on any atom is 0.244 e. The van der Waals surface area contributed by atoms with Gasteiger partial charge in [-0.2, -0.15) is 0 Å². The number of hydrogen-bond acceptors (Lipinski definition) is 6. The molecule has 4 rings (SSSR count). The number of halogens is 1. The number of benzene rings is 3. The van der Waals surface area contributed by atoms with Crippen LogP contribution in [0.15, 0.2) is 72.8 Å². The number of nitrogens with one attached hydrogen (secondary N) is 1. The van der Waals surface area contributed by atoms with Crippen LogP contribution in [0.1, 0.15) is 36.8 Å². The highest BCUT2D eigenvalue weighted by atomic mass is 35.5. The highest BCUT2D eigenvalue weighted by Crippen LogP contribution is 2.34. The van der Waals surface area contributed by atoms with Crippen LogP contribution in [0.2, 0.25) is 5.02 Å². The average molecular weight is 628 g/mol. The van der Waals surface area contributed by atoms with Gasteiger partial charge >= 0.3 is 0 Å². The largest absolute Gasteiger partial charge is 0.497 e. The van der Waals surface area contributed by atoms with Crippen LogP contribution in [0, 0.1) is 0 Å². The predicted molar refractivity (Wildman–Crippen MR) is 168 cm³/mol. The van der Waals surface area contributed by atoms with E-state index < -0.39 is 28.5 Å². The first-order valence-corrected chi connectivity index (χ1v) is 16.4. The second-order valence-electron chi connectivity index (χ2n) is 10.7. The highest BCUT2D eigenvalue weighted by Gasteiger charge is 2.35. The molecule has 1 aliphatic rings. The Hall–Kier alpha value is -3.76. The van der Waals surface area contributed by atoms with Crippen LogP contribution in [-0.4, -0.2) is 64.2 Å². The molecule has 1 saturated carbocycles. The fraction of sp³-hybridized carbons (Fsp3) is 0.375. The number of rotatable bonds is 13. The van der Waals surface area contributed by atoms with E-state index in [1.165, 1.54) is 25.2 Å². The monoisotopic (exact) mass is 627 g/mol. The number of hydrogen-bond donors (Lipinski definition) is 1. The summed E-state index contributed by atoms with van der Waals surface area (Å²) in [6, 6.07) is 20.3. The molecule has 230 valence electrons. The number of ether oxygens (including phenoxy) is 2. The molecule has 3 aromatic rings. The van der Waals surface area contributed by atoms with Gasteiger partial charge in [-0.05, 0) is 48.2 Å². The quantitative estimate of drug-likeness (QED) is 0.291. The van der Waals surface area contributed by atoms with Crippen LogP contribution in [0.4, 0.5) is 5.69 Å².